The van der Waals surface area contributed by atoms with E-state index in [1.54, 1.807) is 37.7 Å². The lowest BCUT2D eigenvalue weighted by Crippen LogP contribution is -2.15. The van der Waals surface area contributed by atoms with Crippen LogP contribution in [0.25, 0.3) is 0 Å². The van der Waals surface area contributed by atoms with Crippen molar-refractivity contribution >= 4 is 11.8 Å². The molecule has 1 aromatic carbocycles. The van der Waals surface area contributed by atoms with Crippen molar-refractivity contribution in [1.29, 1.82) is 0 Å². The molecule has 2 nitrogen and oxygen atoms in total. The zero-order valence-corrected chi connectivity index (χ0v) is 8.85. The van der Waals surface area contributed by atoms with E-state index in [1.807, 2.05) is 12.3 Å². The van der Waals surface area contributed by atoms with E-state index in [1.165, 1.54) is 0 Å². The Balaban J connectivity index is 3.19. The van der Waals surface area contributed by atoms with Crippen LogP contribution in [0.5, 0.6) is 5.75 Å². The van der Waals surface area contributed by atoms with Gasteiger partial charge in [-0.2, -0.15) is 0 Å². The molecule has 0 radical (unpaired) electrons. The van der Waals surface area contributed by atoms with E-state index in [2.05, 4.69) is 0 Å². The van der Waals surface area contributed by atoms with Gasteiger partial charge in [-0.05, 0) is 38.3 Å². The van der Waals surface area contributed by atoms with Gasteiger partial charge in [0, 0.05) is 10.5 Å². The molecule has 1 rings (SSSR count). The van der Waals surface area contributed by atoms with Gasteiger partial charge in [0.1, 0.15) is 5.75 Å². The molecule has 0 saturated heterocycles. The first-order valence-corrected chi connectivity index (χ1v) is 5.27. The van der Waals surface area contributed by atoms with Gasteiger partial charge in [-0.1, -0.05) is 0 Å². The Hall–Kier alpha value is -0.670. The minimum atomic E-state index is -0.990. The smallest absolute Gasteiger partial charge is 0.121 e. The Morgan fingerprint density at radius 2 is 1.92 bits per heavy atom. The van der Waals surface area contributed by atoms with Crippen LogP contribution < -0.4 is 0 Å². The number of phenolic OH excluding ortho intramolecular Hbond substituents is 1. The SMILES string of the molecule is CSc1ccc(O)c(C(C)(C)O)c1. The fourth-order valence-electron chi connectivity index (χ4n) is 1.13. The maximum Gasteiger partial charge on any atom is 0.121 e. The fraction of sp³-hybridized carbons (Fsp3) is 0.400. The number of phenols is 1. The van der Waals surface area contributed by atoms with Gasteiger partial charge in [0.05, 0.1) is 5.60 Å². The summed E-state index contributed by atoms with van der Waals surface area (Å²) in [7, 11) is 0. The minimum Gasteiger partial charge on any atom is -0.508 e. The lowest BCUT2D eigenvalue weighted by molar-refractivity contribution is 0.0756. The highest BCUT2D eigenvalue weighted by Gasteiger charge is 2.20. The zero-order chi connectivity index (χ0) is 10.1. The molecule has 1 aromatic rings. The molecule has 0 atom stereocenters. The molecule has 0 saturated carbocycles. The molecule has 72 valence electrons. The van der Waals surface area contributed by atoms with Crippen LogP contribution in [-0.4, -0.2) is 16.5 Å². The van der Waals surface area contributed by atoms with Gasteiger partial charge in [0.15, 0.2) is 0 Å². The van der Waals surface area contributed by atoms with Gasteiger partial charge in [0.25, 0.3) is 0 Å². The summed E-state index contributed by atoms with van der Waals surface area (Å²) in [5.41, 5.74) is -0.421. The first-order chi connectivity index (χ1) is 5.95. The molecule has 0 aliphatic rings. The first-order valence-electron chi connectivity index (χ1n) is 4.05. The van der Waals surface area contributed by atoms with Crippen LogP contribution in [0.15, 0.2) is 23.1 Å². The van der Waals surface area contributed by atoms with Crippen LogP contribution in [0.2, 0.25) is 0 Å². The second kappa shape index (κ2) is 3.60. The normalized spacial score (nSPS) is 11.7. The maximum atomic E-state index is 9.72. The molecule has 0 unspecified atom stereocenters. The van der Waals surface area contributed by atoms with Crippen LogP contribution in [0.3, 0.4) is 0 Å². The minimum absolute atomic E-state index is 0.144. The molecule has 0 amide bonds. The van der Waals surface area contributed by atoms with Crippen LogP contribution in [-0.2, 0) is 5.60 Å². The fourth-order valence-corrected chi connectivity index (χ4v) is 1.57. The summed E-state index contributed by atoms with van der Waals surface area (Å²) in [4.78, 5) is 1.04. The standard InChI is InChI=1S/C10H14O2S/c1-10(2,12)8-6-7(13-3)4-5-9(8)11/h4-6,11-12H,1-3H3. The van der Waals surface area contributed by atoms with Crippen molar-refractivity contribution in [3.8, 4) is 5.75 Å². The second-order valence-corrected chi connectivity index (χ2v) is 4.32. The Morgan fingerprint density at radius 3 is 2.38 bits per heavy atom. The number of benzene rings is 1. The third-order valence-corrected chi connectivity index (χ3v) is 2.59. The molecular weight excluding hydrogens is 184 g/mol. The number of aromatic hydroxyl groups is 1. The maximum absolute atomic E-state index is 9.72. The van der Waals surface area contributed by atoms with Crippen molar-refractivity contribution in [1.82, 2.24) is 0 Å². The Morgan fingerprint density at radius 1 is 1.31 bits per heavy atom. The molecule has 3 heteroatoms. The largest absolute Gasteiger partial charge is 0.508 e. The van der Waals surface area contributed by atoms with Gasteiger partial charge in [-0.15, -0.1) is 11.8 Å². The Labute approximate surface area is 82.6 Å². The molecular formula is C10H14O2S. The molecule has 0 aromatic heterocycles. The quantitative estimate of drug-likeness (QED) is 0.717. The molecule has 2 N–H and O–H groups in total. The van der Waals surface area contributed by atoms with Crippen LogP contribution in [0.1, 0.15) is 19.4 Å². The number of aliphatic hydroxyl groups is 1. The van der Waals surface area contributed by atoms with Crippen molar-refractivity contribution in [2.75, 3.05) is 6.26 Å². The van der Waals surface area contributed by atoms with E-state index in [-0.39, 0.29) is 5.75 Å². The predicted octanol–water partition coefficient (Wildman–Crippen LogP) is 2.34. The molecule has 0 spiro atoms. The van der Waals surface area contributed by atoms with Gasteiger partial charge in [-0.3, -0.25) is 0 Å². The molecule has 13 heavy (non-hydrogen) atoms. The molecule has 0 aliphatic heterocycles. The highest BCUT2D eigenvalue weighted by atomic mass is 32.2. The number of hydrogen-bond donors (Lipinski definition) is 2. The van der Waals surface area contributed by atoms with E-state index in [0.717, 1.165) is 4.90 Å². The molecule has 0 aliphatic carbocycles. The monoisotopic (exact) mass is 198 g/mol. The van der Waals surface area contributed by atoms with Crippen molar-refractivity contribution in [2.45, 2.75) is 24.3 Å². The van der Waals surface area contributed by atoms with Crippen molar-refractivity contribution in [3.63, 3.8) is 0 Å². The summed E-state index contributed by atoms with van der Waals surface area (Å²) in [5.74, 6) is 0.144. The number of hydrogen-bond acceptors (Lipinski definition) is 3. The highest BCUT2D eigenvalue weighted by Crippen LogP contribution is 2.31. The van der Waals surface area contributed by atoms with E-state index >= 15 is 0 Å². The van der Waals surface area contributed by atoms with E-state index in [9.17, 15) is 10.2 Å². The van der Waals surface area contributed by atoms with Crippen LogP contribution in [0.4, 0.5) is 0 Å². The van der Waals surface area contributed by atoms with Crippen molar-refractivity contribution in [3.05, 3.63) is 23.8 Å². The van der Waals surface area contributed by atoms with Crippen molar-refractivity contribution < 1.29 is 10.2 Å². The third kappa shape index (κ3) is 2.39. The zero-order valence-electron chi connectivity index (χ0n) is 8.03. The summed E-state index contributed by atoms with van der Waals surface area (Å²) in [5, 5.41) is 19.2. The lowest BCUT2D eigenvalue weighted by atomic mass is 9.98. The summed E-state index contributed by atoms with van der Waals surface area (Å²) in [6.45, 7) is 3.32. The van der Waals surface area contributed by atoms with Gasteiger partial charge >= 0.3 is 0 Å². The number of thioether (sulfide) groups is 1. The highest BCUT2D eigenvalue weighted by molar-refractivity contribution is 7.98. The summed E-state index contributed by atoms with van der Waals surface area (Å²) in [6.07, 6.45) is 1.96. The van der Waals surface area contributed by atoms with E-state index in [0.29, 0.717) is 5.56 Å². The Bertz CT molecular complexity index is 302. The topological polar surface area (TPSA) is 40.5 Å². The summed E-state index contributed by atoms with van der Waals surface area (Å²) in [6, 6.07) is 5.24. The summed E-state index contributed by atoms with van der Waals surface area (Å²) < 4.78 is 0. The van der Waals surface area contributed by atoms with Gasteiger partial charge in [-0.25, -0.2) is 0 Å². The van der Waals surface area contributed by atoms with Gasteiger partial charge < -0.3 is 10.2 Å². The van der Waals surface area contributed by atoms with Crippen LogP contribution in [0, 0.1) is 0 Å². The Kier molecular flexibility index (Phi) is 2.88. The average Bonchev–Trinajstić information content (AvgIpc) is 2.03. The molecule has 0 fully saturated rings. The third-order valence-electron chi connectivity index (χ3n) is 1.86. The second-order valence-electron chi connectivity index (χ2n) is 3.44. The first kappa shape index (κ1) is 10.4. The van der Waals surface area contributed by atoms with E-state index < -0.39 is 5.60 Å². The van der Waals surface area contributed by atoms with Crippen LogP contribution >= 0.6 is 11.8 Å². The molecule has 0 heterocycles. The predicted molar refractivity (Wildman–Crippen MR) is 55.1 cm³/mol. The van der Waals surface area contributed by atoms with Gasteiger partial charge in [0.2, 0.25) is 0 Å². The van der Waals surface area contributed by atoms with Crippen molar-refractivity contribution in [2.24, 2.45) is 0 Å². The average molecular weight is 198 g/mol. The van der Waals surface area contributed by atoms with E-state index in [4.69, 9.17) is 0 Å². The number of rotatable bonds is 2. The molecule has 0 bridgehead atoms. The lowest BCUT2D eigenvalue weighted by Gasteiger charge is -2.19. The summed E-state index contributed by atoms with van der Waals surface area (Å²) >= 11 is 1.59.